The number of nitrogens with zero attached hydrogens (tertiary/aromatic N) is 2. The van der Waals surface area contributed by atoms with Gasteiger partial charge in [0.1, 0.15) is 6.54 Å². The fraction of sp³-hybridized carbons (Fsp3) is 0.579. The molecule has 0 saturated carbocycles. The topological polar surface area (TPSA) is 52.7 Å². The van der Waals surface area contributed by atoms with Crippen LogP contribution in [-0.2, 0) is 16.0 Å². The van der Waals surface area contributed by atoms with Gasteiger partial charge in [0.25, 0.3) is 0 Å². The van der Waals surface area contributed by atoms with Gasteiger partial charge in [0.15, 0.2) is 0 Å². The summed E-state index contributed by atoms with van der Waals surface area (Å²) in [5, 5.41) is 3.61. The molecule has 0 aliphatic carbocycles. The van der Waals surface area contributed by atoms with Crippen molar-refractivity contribution in [3.05, 3.63) is 29.8 Å². The number of hydrogen-bond donors (Lipinski definition) is 1. The van der Waals surface area contributed by atoms with E-state index in [9.17, 15) is 9.59 Å². The van der Waals surface area contributed by atoms with Crippen LogP contribution in [-0.4, -0.2) is 48.4 Å². The lowest BCUT2D eigenvalue weighted by atomic mass is 9.98. The number of fused-ring (bicyclic) bond motifs is 3. The van der Waals surface area contributed by atoms with Crippen LogP contribution < -0.4 is 10.2 Å². The first-order valence-corrected chi connectivity index (χ1v) is 9.02. The number of piperidine rings is 1. The fourth-order valence-corrected chi connectivity index (χ4v) is 4.46. The monoisotopic (exact) mass is 327 g/mol. The highest BCUT2D eigenvalue weighted by Gasteiger charge is 2.37. The molecule has 2 unspecified atom stereocenters. The van der Waals surface area contributed by atoms with E-state index < -0.39 is 0 Å². The molecule has 0 radical (unpaired) electrons. The van der Waals surface area contributed by atoms with Gasteiger partial charge in [-0.2, -0.15) is 0 Å². The molecule has 4 rings (SSSR count). The number of carbonyl (C=O) groups excluding carboxylic acids is 2. The van der Waals surface area contributed by atoms with Crippen LogP contribution in [0.4, 0.5) is 5.69 Å². The first-order valence-electron chi connectivity index (χ1n) is 9.02. The van der Waals surface area contributed by atoms with E-state index in [1.165, 1.54) is 12.8 Å². The number of amides is 2. The zero-order valence-electron chi connectivity index (χ0n) is 14.2. The van der Waals surface area contributed by atoms with Gasteiger partial charge >= 0.3 is 0 Å². The average Bonchev–Trinajstić information content (AvgIpc) is 2.94. The van der Waals surface area contributed by atoms with E-state index in [2.05, 4.69) is 5.32 Å². The number of carbonyl (C=O) groups is 2. The number of anilines is 1. The van der Waals surface area contributed by atoms with E-state index in [1.54, 1.807) is 4.90 Å². The molecule has 24 heavy (non-hydrogen) atoms. The Balaban J connectivity index is 1.46. The summed E-state index contributed by atoms with van der Waals surface area (Å²) in [7, 11) is 1.90. The molecule has 128 valence electrons. The van der Waals surface area contributed by atoms with Gasteiger partial charge in [-0.25, -0.2) is 0 Å². The van der Waals surface area contributed by atoms with Gasteiger partial charge in [0.05, 0.1) is 0 Å². The predicted octanol–water partition coefficient (Wildman–Crippen LogP) is 1.71. The number of rotatable bonds is 3. The van der Waals surface area contributed by atoms with Gasteiger partial charge in [0, 0.05) is 37.3 Å². The molecular formula is C19H25N3O2. The highest BCUT2D eigenvalue weighted by atomic mass is 16.2. The van der Waals surface area contributed by atoms with E-state index in [1.807, 2.05) is 36.2 Å². The molecule has 2 fully saturated rings. The third kappa shape index (κ3) is 2.81. The molecule has 2 saturated heterocycles. The van der Waals surface area contributed by atoms with Crippen LogP contribution in [0.15, 0.2) is 24.3 Å². The quantitative estimate of drug-likeness (QED) is 0.919. The number of likely N-dealkylation sites (N-methyl/N-ethyl adjacent to an activating group) is 1. The Morgan fingerprint density at radius 3 is 2.67 bits per heavy atom. The van der Waals surface area contributed by atoms with E-state index in [-0.39, 0.29) is 18.4 Å². The lowest BCUT2D eigenvalue weighted by molar-refractivity contribution is -0.132. The van der Waals surface area contributed by atoms with Crippen LogP contribution >= 0.6 is 0 Å². The van der Waals surface area contributed by atoms with E-state index in [0.717, 1.165) is 30.5 Å². The first-order chi connectivity index (χ1) is 11.6. The van der Waals surface area contributed by atoms with Crippen molar-refractivity contribution >= 4 is 17.5 Å². The SMILES string of the molecule is CN(C(=O)CN1C(=O)CCc2ccccc21)C1CC2CCC(C1)N2. The predicted molar refractivity (Wildman–Crippen MR) is 92.9 cm³/mol. The van der Waals surface area contributed by atoms with E-state index >= 15 is 0 Å². The van der Waals surface area contributed by atoms with Crippen LogP contribution in [0, 0.1) is 0 Å². The minimum absolute atomic E-state index is 0.0475. The number of para-hydroxylation sites is 1. The number of nitrogens with one attached hydrogen (secondary N) is 1. The maximum atomic E-state index is 12.8. The molecule has 1 aromatic rings. The average molecular weight is 327 g/mol. The molecule has 3 heterocycles. The molecule has 1 aromatic carbocycles. The third-order valence-electron chi connectivity index (χ3n) is 5.87. The van der Waals surface area contributed by atoms with Crippen LogP contribution in [0.5, 0.6) is 0 Å². The molecule has 0 spiro atoms. The van der Waals surface area contributed by atoms with Gasteiger partial charge in [-0.3, -0.25) is 9.59 Å². The number of hydrogen-bond acceptors (Lipinski definition) is 3. The molecule has 2 atom stereocenters. The highest BCUT2D eigenvalue weighted by molar-refractivity contribution is 6.01. The fourth-order valence-electron chi connectivity index (χ4n) is 4.46. The molecule has 5 nitrogen and oxygen atoms in total. The van der Waals surface area contributed by atoms with Crippen molar-refractivity contribution < 1.29 is 9.59 Å². The standard InChI is InChI=1S/C19H25N3O2/c1-21(16-10-14-7-8-15(11-16)20-14)19(24)12-22-17-5-3-2-4-13(17)6-9-18(22)23/h2-5,14-16,20H,6-12H2,1H3. The third-order valence-corrected chi connectivity index (χ3v) is 5.87. The molecule has 1 N–H and O–H groups in total. The Hall–Kier alpha value is -1.88. The Labute approximate surface area is 143 Å². The summed E-state index contributed by atoms with van der Waals surface area (Å²) in [5.41, 5.74) is 2.06. The summed E-state index contributed by atoms with van der Waals surface area (Å²) in [5.74, 6) is 0.104. The van der Waals surface area contributed by atoms with Gasteiger partial charge in [-0.05, 0) is 43.7 Å². The molecule has 0 aromatic heterocycles. The van der Waals surface area contributed by atoms with Crippen molar-refractivity contribution in [2.75, 3.05) is 18.5 Å². The second-order valence-electron chi connectivity index (χ2n) is 7.38. The lowest BCUT2D eigenvalue weighted by Crippen LogP contribution is -2.51. The maximum Gasteiger partial charge on any atom is 0.242 e. The second-order valence-corrected chi connectivity index (χ2v) is 7.38. The molecule has 2 bridgehead atoms. The Morgan fingerprint density at radius 1 is 1.21 bits per heavy atom. The van der Waals surface area contributed by atoms with Crippen LogP contribution in [0.2, 0.25) is 0 Å². The minimum atomic E-state index is 0.0475. The Morgan fingerprint density at radius 2 is 1.92 bits per heavy atom. The van der Waals surface area contributed by atoms with Crippen molar-refractivity contribution in [3.63, 3.8) is 0 Å². The van der Waals surface area contributed by atoms with Crippen LogP contribution in [0.1, 0.15) is 37.7 Å². The van der Waals surface area contributed by atoms with Gasteiger partial charge in [-0.1, -0.05) is 18.2 Å². The van der Waals surface area contributed by atoms with Crippen molar-refractivity contribution in [1.29, 1.82) is 0 Å². The van der Waals surface area contributed by atoms with Crippen LogP contribution in [0.25, 0.3) is 0 Å². The van der Waals surface area contributed by atoms with Crippen molar-refractivity contribution in [2.24, 2.45) is 0 Å². The Bertz CT molecular complexity index is 648. The van der Waals surface area contributed by atoms with Gasteiger partial charge in [-0.15, -0.1) is 0 Å². The molecule has 3 aliphatic heterocycles. The highest BCUT2D eigenvalue weighted by Crippen LogP contribution is 2.30. The molecule has 2 amide bonds. The largest absolute Gasteiger partial charge is 0.341 e. The summed E-state index contributed by atoms with van der Waals surface area (Å²) < 4.78 is 0. The van der Waals surface area contributed by atoms with Crippen LogP contribution in [0.3, 0.4) is 0 Å². The smallest absolute Gasteiger partial charge is 0.242 e. The molecule has 5 heteroatoms. The zero-order chi connectivity index (χ0) is 16.7. The minimum Gasteiger partial charge on any atom is -0.341 e. The van der Waals surface area contributed by atoms with Gasteiger partial charge < -0.3 is 15.1 Å². The normalized spacial score (nSPS) is 28.6. The summed E-state index contributed by atoms with van der Waals surface area (Å²) in [4.78, 5) is 28.7. The lowest BCUT2D eigenvalue weighted by Gasteiger charge is -2.37. The maximum absolute atomic E-state index is 12.8. The van der Waals surface area contributed by atoms with Gasteiger partial charge in [0.2, 0.25) is 11.8 Å². The summed E-state index contributed by atoms with van der Waals surface area (Å²) >= 11 is 0. The summed E-state index contributed by atoms with van der Waals surface area (Å²) in [6.45, 7) is 0.158. The number of benzene rings is 1. The van der Waals surface area contributed by atoms with E-state index in [4.69, 9.17) is 0 Å². The number of aryl methyl sites for hydroxylation is 1. The Kier molecular flexibility index (Phi) is 4.04. The van der Waals surface area contributed by atoms with E-state index in [0.29, 0.717) is 24.5 Å². The summed E-state index contributed by atoms with van der Waals surface area (Å²) in [6.07, 6.45) is 5.77. The second kappa shape index (κ2) is 6.20. The first kappa shape index (κ1) is 15.6. The summed E-state index contributed by atoms with van der Waals surface area (Å²) in [6, 6.07) is 9.33. The van der Waals surface area contributed by atoms with Crippen molar-refractivity contribution in [1.82, 2.24) is 10.2 Å². The van der Waals surface area contributed by atoms with Crippen molar-refractivity contribution in [3.8, 4) is 0 Å². The molecule has 3 aliphatic rings. The van der Waals surface area contributed by atoms with Crippen molar-refractivity contribution in [2.45, 2.75) is 56.7 Å². The molecular weight excluding hydrogens is 302 g/mol. The zero-order valence-corrected chi connectivity index (χ0v) is 14.2.